The summed E-state index contributed by atoms with van der Waals surface area (Å²) in [5.74, 6) is -1.12. The molecule has 1 aromatic carbocycles. The Morgan fingerprint density at radius 3 is 2.61 bits per heavy atom. The molecule has 120 valence electrons. The van der Waals surface area contributed by atoms with Gasteiger partial charge in [-0.3, -0.25) is 9.59 Å². The summed E-state index contributed by atoms with van der Waals surface area (Å²) in [6.45, 7) is 1.71. The Bertz CT molecular complexity index is 617. The van der Waals surface area contributed by atoms with Crippen molar-refractivity contribution in [2.24, 2.45) is 5.92 Å². The number of carbonyl (C=O) groups is 2. The number of alkyl halides is 1. The number of carbonyl (C=O) groups excluding carboxylic acids is 2. The van der Waals surface area contributed by atoms with E-state index in [-0.39, 0.29) is 24.0 Å². The third-order valence-electron chi connectivity index (χ3n) is 3.19. The van der Waals surface area contributed by atoms with Crippen LogP contribution in [0.4, 0.5) is 0 Å². The molecule has 0 saturated heterocycles. The molecule has 0 aliphatic heterocycles. The molecule has 0 aliphatic rings. The number of ether oxygens (including phenoxy) is 1. The molecule has 5 heteroatoms. The average Bonchev–Trinajstić information content (AvgIpc) is 2.57. The lowest BCUT2D eigenvalue weighted by Crippen LogP contribution is -2.25. The van der Waals surface area contributed by atoms with Crippen LogP contribution in [0.15, 0.2) is 54.6 Å². The molecule has 1 aromatic rings. The van der Waals surface area contributed by atoms with Gasteiger partial charge in [-0.2, -0.15) is 5.26 Å². The van der Waals surface area contributed by atoms with Crippen LogP contribution in [0.25, 0.3) is 0 Å². The normalized spacial score (nSPS) is 13.6. The molecule has 0 fully saturated rings. The molecule has 0 bridgehead atoms. The van der Waals surface area contributed by atoms with Gasteiger partial charge in [-0.05, 0) is 6.92 Å². The van der Waals surface area contributed by atoms with E-state index in [0.717, 1.165) is 0 Å². The van der Waals surface area contributed by atoms with E-state index >= 15 is 0 Å². The van der Waals surface area contributed by atoms with Crippen molar-refractivity contribution in [3.05, 3.63) is 60.2 Å². The molecule has 2 atom stereocenters. The molecular formula is C18H18ClNO3. The summed E-state index contributed by atoms with van der Waals surface area (Å²) >= 11 is 5.44. The number of ketones is 1. The second-order valence-electron chi connectivity index (χ2n) is 4.86. The van der Waals surface area contributed by atoms with Crippen molar-refractivity contribution in [2.75, 3.05) is 5.88 Å². The molecule has 0 heterocycles. The fourth-order valence-corrected chi connectivity index (χ4v) is 2.04. The van der Waals surface area contributed by atoms with Crippen LogP contribution in [0.3, 0.4) is 0 Å². The highest BCUT2D eigenvalue weighted by Crippen LogP contribution is 2.18. The minimum absolute atomic E-state index is 0.0433. The smallest absolute Gasteiger partial charge is 0.321 e. The van der Waals surface area contributed by atoms with Gasteiger partial charge in [0.05, 0.1) is 6.07 Å². The summed E-state index contributed by atoms with van der Waals surface area (Å²) in [6.07, 6.45) is 5.99. The number of benzene rings is 1. The van der Waals surface area contributed by atoms with Gasteiger partial charge < -0.3 is 4.74 Å². The third kappa shape index (κ3) is 6.94. The molecule has 0 saturated carbocycles. The van der Waals surface area contributed by atoms with Crippen LogP contribution in [0, 0.1) is 17.2 Å². The van der Waals surface area contributed by atoms with Crippen molar-refractivity contribution in [2.45, 2.75) is 19.4 Å². The zero-order valence-corrected chi connectivity index (χ0v) is 13.6. The number of hydrogen-bond donors (Lipinski definition) is 0. The molecule has 0 radical (unpaired) electrons. The van der Waals surface area contributed by atoms with Crippen molar-refractivity contribution in [1.82, 2.24) is 0 Å². The zero-order valence-electron chi connectivity index (χ0n) is 12.8. The summed E-state index contributed by atoms with van der Waals surface area (Å²) < 4.78 is 5.19. The highest BCUT2D eigenvalue weighted by Gasteiger charge is 2.22. The fourth-order valence-electron chi connectivity index (χ4n) is 1.98. The molecule has 0 N–H and O–H groups in total. The van der Waals surface area contributed by atoms with Crippen molar-refractivity contribution < 1.29 is 14.3 Å². The predicted octanol–water partition coefficient (Wildman–Crippen LogP) is 3.68. The van der Waals surface area contributed by atoms with Gasteiger partial charge in [0.1, 0.15) is 12.0 Å². The maximum absolute atomic E-state index is 12.3. The van der Waals surface area contributed by atoms with E-state index in [1.165, 1.54) is 6.08 Å². The number of hydrogen-bond acceptors (Lipinski definition) is 4. The van der Waals surface area contributed by atoms with Gasteiger partial charge in [0.2, 0.25) is 0 Å². The van der Waals surface area contributed by atoms with Crippen molar-refractivity contribution in [3.8, 4) is 6.07 Å². The summed E-state index contributed by atoms with van der Waals surface area (Å²) in [5.41, 5.74) is 0.606. The van der Waals surface area contributed by atoms with Crippen molar-refractivity contribution in [1.29, 1.82) is 5.26 Å². The first kappa shape index (κ1) is 18.7. The van der Waals surface area contributed by atoms with Crippen LogP contribution in [-0.2, 0) is 9.53 Å². The first-order chi connectivity index (χ1) is 11.1. The predicted molar refractivity (Wildman–Crippen MR) is 89.0 cm³/mol. The first-order valence-corrected chi connectivity index (χ1v) is 7.68. The van der Waals surface area contributed by atoms with Gasteiger partial charge in [0, 0.05) is 24.0 Å². The van der Waals surface area contributed by atoms with Gasteiger partial charge in [-0.1, -0.05) is 48.6 Å². The van der Waals surface area contributed by atoms with Crippen LogP contribution < -0.4 is 0 Å². The number of halogens is 1. The van der Waals surface area contributed by atoms with E-state index in [1.54, 1.807) is 49.4 Å². The van der Waals surface area contributed by atoms with Crippen LogP contribution in [0.5, 0.6) is 0 Å². The molecular weight excluding hydrogens is 314 g/mol. The van der Waals surface area contributed by atoms with Crippen molar-refractivity contribution >= 4 is 23.4 Å². The van der Waals surface area contributed by atoms with Crippen LogP contribution in [-0.4, -0.2) is 23.7 Å². The topological polar surface area (TPSA) is 67.2 Å². The van der Waals surface area contributed by atoms with E-state index in [9.17, 15) is 9.59 Å². The zero-order chi connectivity index (χ0) is 17.1. The van der Waals surface area contributed by atoms with Crippen LogP contribution >= 0.6 is 11.6 Å². The van der Waals surface area contributed by atoms with E-state index in [0.29, 0.717) is 5.56 Å². The third-order valence-corrected chi connectivity index (χ3v) is 3.40. The Kier molecular flexibility index (Phi) is 8.41. The number of rotatable bonds is 8. The Hall–Kier alpha value is -2.38. The summed E-state index contributed by atoms with van der Waals surface area (Å²) in [7, 11) is 0. The summed E-state index contributed by atoms with van der Waals surface area (Å²) in [5, 5.41) is 8.48. The molecule has 0 spiro atoms. The lowest BCUT2D eigenvalue weighted by Gasteiger charge is -2.20. The molecule has 0 aromatic heterocycles. The van der Waals surface area contributed by atoms with E-state index in [2.05, 4.69) is 0 Å². The summed E-state index contributed by atoms with van der Waals surface area (Å²) in [4.78, 5) is 23.7. The SMILES string of the molecule is C[C@H](OC(=O)CCl)[C@H](/C=C/C=C/C#N)CC(=O)c1ccccc1. The second kappa shape index (κ2) is 10.4. The standard InChI is InChI=1S/C18H18ClNO3/c1-14(23-18(22)13-19)16(10-6-3-7-11-20)12-17(21)15-8-4-2-5-9-15/h2-10,14,16H,12-13H2,1H3/b7-3+,10-6+/t14-,16+/m0/s1. The minimum atomic E-state index is -0.530. The average molecular weight is 332 g/mol. The Balaban J connectivity index is 2.83. The Labute approximate surface area is 141 Å². The Morgan fingerprint density at radius 1 is 1.30 bits per heavy atom. The van der Waals surface area contributed by atoms with Gasteiger partial charge >= 0.3 is 5.97 Å². The number of nitrogens with zero attached hydrogens (tertiary/aromatic N) is 1. The van der Waals surface area contributed by atoms with E-state index < -0.39 is 12.1 Å². The highest BCUT2D eigenvalue weighted by molar-refractivity contribution is 6.26. The highest BCUT2D eigenvalue weighted by atomic mass is 35.5. The first-order valence-electron chi connectivity index (χ1n) is 7.15. The monoisotopic (exact) mass is 331 g/mol. The van der Waals surface area contributed by atoms with Crippen molar-refractivity contribution in [3.63, 3.8) is 0 Å². The second-order valence-corrected chi connectivity index (χ2v) is 5.13. The molecule has 0 aliphatic carbocycles. The molecule has 23 heavy (non-hydrogen) atoms. The van der Waals surface area contributed by atoms with Gasteiger partial charge in [0.25, 0.3) is 0 Å². The number of allylic oxidation sites excluding steroid dienone is 3. The lowest BCUT2D eigenvalue weighted by atomic mass is 9.93. The Morgan fingerprint density at radius 2 is 2.00 bits per heavy atom. The largest absolute Gasteiger partial charge is 0.461 e. The minimum Gasteiger partial charge on any atom is -0.461 e. The van der Waals surface area contributed by atoms with Crippen LogP contribution in [0.2, 0.25) is 0 Å². The molecule has 0 unspecified atom stereocenters. The molecule has 4 nitrogen and oxygen atoms in total. The molecule has 1 rings (SSSR count). The molecule has 0 amide bonds. The fraction of sp³-hybridized carbons (Fsp3) is 0.278. The number of esters is 1. The van der Waals surface area contributed by atoms with Gasteiger partial charge in [-0.25, -0.2) is 0 Å². The lowest BCUT2D eigenvalue weighted by molar-refractivity contribution is -0.146. The van der Waals surface area contributed by atoms with Gasteiger partial charge in [0.15, 0.2) is 5.78 Å². The number of Topliss-reactive ketones (excluding diaryl/α,β-unsaturated/α-hetero) is 1. The van der Waals surface area contributed by atoms with Crippen LogP contribution in [0.1, 0.15) is 23.7 Å². The van der Waals surface area contributed by atoms with E-state index in [4.69, 9.17) is 21.6 Å². The summed E-state index contributed by atoms with van der Waals surface area (Å²) in [6, 6.07) is 10.8. The number of nitriles is 1. The maximum atomic E-state index is 12.3. The van der Waals surface area contributed by atoms with E-state index in [1.807, 2.05) is 12.1 Å². The quantitative estimate of drug-likeness (QED) is 0.239. The maximum Gasteiger partial charge on any atom is 0.321 e. The van der Waals surface area contributed by atoms with Gasteiger partial charge in [-0.15, -0.1) is 11.6 Å².